The highest BCUT2D eigenvalue weighted by Crippen LogP contribution is 2.29. The number of hydrogen-bond acceptors (Lipinski definition) is 0. The zero-order valence-electron chi connectivity index (χ0n) is 8.30. The lowest BCUT2D eigenvalue weighted by Crippen LogP contribution is -1.82. The maximum Gasteiger partial charge on any atom is 0.124 e. The molecule has 0 aliphatic rings. The molecule has 0 aromatic heterocycles. The first-order valence-corrected chi connectivity index (χ1v) is 5.48. The molecule has 0 saturated carbocycles. The van der Waals surface area contributed by atoms with Crippen LogP contribution in [0.1, 0.15) is 5.56 Å². The van der Waals surface area contributed by atoms with Gasteiger partial charge in [0.1, 0.15) is 5.82 Å². The Bertz CT molecular complexity index is 492. The molecule has 2 aromatic carbocycles. The predicted molar refractivity (Wildman–Crippen MR) is 64.3 cm³/mol. The Balaban J connectivity index is 2.54. The third-order valence-corrected chi connectivity index (χ3v) is 2.92. The van der Waals surface area contributed by atoms with Gasteiger partial charge in [0.15, 0.2) is 0 Å². The van der Waals surface area contributed by atoms with Crippen molar-refractivity contribution in [1.82, 2.24) is 0 Å². The van der Waals surface area contributed by atoms with Crippen LogP contribution in [0.25, 0.3) is 11.1 Å². The topological polar surface area (TPSA) is 0 Å². The van der Waals surface area contributed by atoms with Gasteiger partial charge in [-0.2, -0.15) is 0 Å². The predicted octanol–water partition coefficient (Wildman–Crippen LogP) is 4.56. The van der Waals surface area contributed by atoms with Crippen molar-refractivity contribution in [2.45, 2.75) is 6.92 Å². The largest absolute Gasteiger partial charge is 0.207 e. The van der Waals surface area contributed by atoms with Gasteiger partial charge in [-0.25, -0.2) is 4.39 Å². The summed E-state index contributed by atoms with van der Waals surface area (Å²) in [5, 5.41) is 0. The minimum Gasteiger partial charge on any atom is -0.207 e. The Labute approximate surface area is 96.9 Å². The number of benzene rings is 2. The molecule has 2 aromatic rings. The Hall–Kier alpha value is -1.15. The first-order chi connectivity index (χ1) is 7.16. The van der Waals surface area contributed by atoms with Gasteiger partial charge in [0, 0.05) is 4.47 Å². The van der Waals surface area contributed by atoms with Crippen molar-refractivity contribution in [3.05, 3.63) is 58.3 Å². The van der Waals surface area contributed by atoms with Gasteiger partial charge in [-0.1, -0.05) is 51.8 Å². The molecule has 0 spiro atoms. The van der Waals surface area contributed by atoms with Crippen LogP contribution in [0, 0.1) is 12.7 Å². The van der Waals surface area contributed by atoms with Crippen LogP contribution in [0.2, 0.25) is 0 Å². The summed E-state index contributed by atoms with van der Waals surface area (Å²) in [5.41, 5.74) is 3.31. The average Bonchev–Trinajstić information content (AvgIpc) is 2.17. The third kappa shape index (κ3) is 2.26. The second-order valence-electron chi connectivity index (χ2n) is 3.49. The van der Waals surface area contributed by atoms with E-state index in [1.165, 1.54) is 17.7 Å². The zero-order chi connectivity index (χ0) is 10.8. The summed E-state index contributed by atoms with van der Waals surface area (Å²) in [6.45, 7) is 2.04. The molecule has 15 heavy (non-hydrogen) atoms. The molecule has 0 nitrogen and oxygen atoms in total. The van der Waals surface area contributed by atoms with Crippen molar-refractivity contribution >= 4 is 15.9 Å². The molecule has 0 saturated heterocycles. The quantitative estimate of drug-likeness (QED) is 0.708. The fourth-order valence-electron chi connectivity index (χ4n) is 1.54. The summed E-state index contributed by atoms with van der Waals surface area (Å²) in [6.07, 6.45) is 0. The smallest absolute Gasteiger partial charge is 0.124 e. The average molecular weight is 265 g/mol. The van der Waals surface area contributed by atoms with E-state index >= 15 is 0 Å². The Kier molecular flexibility index (Phi) is 2.87. The van der Waals surface area contributed by atoms with Crippen LogP contribution in [0.5, 0.6) is 0 Å². The molecule has 2 heteroatoms. The van der Waals surface area contributed by atoms with Gasteiger partial charge in [0.2, 0.25) is 0 Å². The van der Waals surface area contributed by atoms with E-state index in [0.29, 0.717) is 0 Å². The second-order valence-corrected chi connectivity index (χ2v) is 4.35. The number of hydrogen-bond donors (Lipinski definition) is 0. The van der Waals surface area contributed by atoms with Gasteiger partial charge in [0.05, 0.1) is 0 Å². The first kappa shape index (κ1) is 10.4. The Morgan fingerprint density at radius 3 is 2.53 bits per heavy atom. The molecule has 0 amide bonds. The number of aryl methyl sites for hydroxylation is 1. The Morgan fingerprint density at radius 2 is 1.87 bits per heavy atom. The molecule has 0 aliphatic carbocycles. The zero-order valence-corrected chi connectivity index (χ0v) is 9.88. The van der Waals surface area contributed by atoms with E-state index in [2.05, 4.69) is 22.0 Å². The van der Waals surface area contributed by atoms with Crippen LogP contribution in [0.4, 0.5) is 4.39 Å². The van der Waals surface area contributed by atoms with E-state index in [0.717, 1.165) is 15.6 Å². The lowest BCUT2D eigenvalue weighted by Gasteiger charge is -2.05. The van der Waals surface area contributed by atoms with E-state index in [4.69, 9.17) is 0 Å². The standard InChI is InChI=1S/C13H10BrF/c1-9-3-2-4-10(7-9)12-6-5-11(15)8-13(12)14/h2-8H,1H3. The van der Waals surface area contributed by atoms with Crippen LogP contribution >= 0.6 is 15.9 Å². The van der Waals surface area contributed by atoms with Crippen LogP contribution in [0.3, 0.4) is 0 Å². The molecule has 0 heterocycles. The fraction of sp³-hybridized carbons (Fsp3) is 0.0769. The van der Waals surface area contributed by atoms with E-state index < -0.39 is 0 Å². The summed E-state index contributed by atoms with van der Waals surface area (Å²) in [7, 11) is 0. The SMILES string of the molecule is Cc1cccc(-c2ccc(F)cc2Br)c1. The maximum atomic E-state index is 12.9. The normalized spacial score (nSPS) is 10.3. The highest BCUT2D eigenvalue weighted by Gasteiger charge is 2.03. The van der Waals surface area contributed by atoms with Gasteiger partial charge >= 0.3 is 0 Å². The summed E-state index contributed by atoms with van der Waals surface area (Å²) in [6, 6.07) is 12.9. The second kappa shape index (κ2) is 4.15. The molecule has 0 fully saturated rings. The third-order valence-electron chi connectivity index (χ3n) is 2.26. The van der Waals surface area contributed by atoms with Gasteiger partial charge in [-0.15, -0.1) is 0 Å². The number of rotatable bonds is 1. The minimum absolute atomic E-state index is 0.224. The van der Waals surface area contributed by atoms with Gasteiger partial charge < -0.3 is 0 Å². The maximum absolute atomic E-state index is 12.9. The highest BCUT2D eigenvalue weighted by atomic mass is 79.9. The van der Waals surface area contributed by atoms with Crippen molar-refractivity contribution in [3.63, 3.8) is 0 Å². The molecule has 0 N–H and O–H groups in total. The van der Waals surface area contributed by atoms with E-state index in [-0.39, 0.29) is 5.82 Å². The van der Waals surface area contributed by atoms with Crippen LogP contribution in [-0.4, -0.2) is 0 Å². The van der Waals surface area contributed by atoms with Crippen molar-refractivity contribution in [3.8, 4) is 11.1 Å². The molecule has 0 aliphatic heterocycles. The van der Waals surface area contributed by atoms with Crippen LogP contribution in [0.15, 0.2) is 46.9 Å². The van der Waals surface area contributed by atoms with Gasteiger partial charge in [0.25, 0.3) is 0 Å². The summed E-state index contributed by atoms with van der Waals surface area (Å²) in [5.74, 6) is -0.224. The van der Waals surface area contributed by atoms with Gasteiger partial charge in [-0.3, -0.25) is 0 Å². The summed E-state index contributed by atoms with van der Waals surface area (Å²) in [4.78, 5) is 0. The fourth-order valence-corrected chi connectivity index (χ4v) is 2.12. The van der Waals surface area contributed by atoms with E-state index in [9.17, 15) is 4.39 Å². The van der Waals surface area contributed by atoms with Crippen molar-refractivity contribution in [1.29, 1.82) is 0 Å². The monoisotopic (exact) mass is 264 g/mol. The van der Waals surface area contributed by atoms with Crippen molar-refractivity contribution in [2.24, 2.45) is 0 Å². The van der Waals surface area contributed by atoms with Crippen molar-refractivity contribution in [2.75, 3.05) is 0 Å². The molecule has 0 bridgehead atoms. The molecular weight excluding hydrogens is 255 g/mol. The number of halogens is 2. The lowest BCUT2D eigenvalue weighted by atomic mass is 10.0. The van der Waals surface area contributed by atoms with Crippen molar-refractivity contribution < 1.29 is 4.39 Å². The van der Waals surface area contributed by atoms with E-state index in [1.54, 1.807) is 6.07 Å². The molecule has 2 rings (SSSR count). The highest BCUT2D eigenvalue weighted by molar-refractivity contribution is 9.10. The summed E-state index contributed by atoms with van der Waals surface area (Å²) < 4.78 is 13.7. The summed E-state index contributed by atoms with van der Waals surface area (Å²) >= 11 is 3.37. The molecule has 0 unspecified atom stereocenters. The molecular formula is C13H10BrF. The van der Waals surface area contributed by atoms with Crippen LogP contribution in [-0.2, 0) is 0 Å². The van der Waals surface area contributed by atoms with E-state index in [1.807, 2.05) is 25.1 Å². The molecule has 0 radical (unpaired) electrons. The lowest BCUT2D eigenvalue weighted by molar-refractivity contribution is 0.627. The Morgan fingerprint density at radius 1 is 1.07 bits per heavy atom. The van der Waals surface area contributed by atoms with Crippen LogP contribution < -0.4 is 0 Å². The first-order valence-electron chi connectivity index (χ1n) is 4.69. The van der Waals surface area contributed by atoms with Gasteiger partial charge in [-0.05, 0) is 30.2 Å². The minimum atomic E-state index is -0.224. The molecule has 0 atom stereocenters. The molecule has 76 valence electrons.